The summed E-state index contributed by atoms with van der Waals surface area (Å²) in [5, 5.41) is 1.10. The van der Waals surface area contributed by atoms with Crippen LogP contribution in [-0.2, 0) is 0 Å². The van der Waals surface area contributed by atoms with Crippen LogP contribution in [0.3, 0.4) is 0 Å². The summed E-state index contributed by atoms with van der Waals surface area (Å²) in [6, 6.07) is 3.62. The Hall–Kier alpha value is -0.600. The minimum Gasteiger partial charge on any atom is -0.397 e. The van der Waals surface area contributed by atoms with Gasteiger partial charge in [0.05, 0.1) is 21.4 Å². The maximum atomic E-state index is 6.05. The Labute approximate surface area is 113 Å². The maximum absolute atomic E-state index is 6.05. The van der Waals surface area contributed by atoms with Gasteiger partial charge in [0.25, 0.3) is 0 Å². The molecule has 17 heavy (non-hydrogen) atoms. The molecule has 1 aliphatic rings. The van der Waals surface area contributed by atoms with E-state index in [1.807, 2.05) is 6.07 Å². The van der Waals surface area contributed by atoms with E-state index in [0.29, 0.717) is 10.0 Å². The minimum atomic E-state index is 0.525. The van der Waals surface area contributed by atoms with Crippen molar-refractivity contribution in [2.45, 2.75) is 26.2 Å². The van der Waals surface area contributed by atoms with Crippen molar-refractivity contribution in [3.63, 3.8) is 0 Å². The van der Waals surface area contributed by atoms with E-state index in [1.54, 1.807) is 6.07 Å². The van der Waals surface area contributed by atoms with Gasteiger partial charge in [0, 0.05) is 13.1 Å². The lowest BCUT2D eigenvalue weighted by molar-refractivity contribution is 0.530. The highest BCUT2D eigenvalue weighted by molar-refractivity contribution is 6.42. The molecule has 0 aromatic heterocycles. The van der Waals surface area contributed by atoms with Gasteiger partial charge in [0.15, 0.2) is 0 Å². The fourth-order valence-electron chi connectivity index (χ4n) is 2.52. The first kappa shape index (κ1) is 12.8. The van der Waals surface area contributed by atoms with Crippen LogP contribution < -0.4 is 10.6 Å². The van der Waals surface area contributed by atoms with Crippen molar-refractivity contribution in [3.05, 3.63) is 22.2 Å². The van der Waals surface area contributed by atoms with Crippen LogP contribution in [0.1, 0.15) is 26.2 Å². The first-order chi connectivity index (χ1) is 8.11. The summed E-state index contributed by atoms with van der Waals surface area (Å²) in [5.74, 6) is 0.786. The number of nitrogen functional groups attached to an aromatic ring is 1. The second-order valence-electron chi connectivity index (χ2n) is 4.71. The molecule has 0 aliphatic carbocycles. The average molecular weight is 273 g/mol. The molecule has 0 bridgehead atoms. The van der Waals surface area contributed by atoms with Crippen molar-refractivity contribution < 1.29 is 0 Å². The molecular weight excluding hydrogens is 255 g/mol. The van der Waals surface area contributed by atoms with E-state index in [2.05, 4.69) is 11.8 Å². The van der Waals surface area contributed by atoms with E-state index < -0.39 is 0 Å². The number of halogens is 2. The Balaban J connectivity index is 2.16. The molecule has 1 aromatic carbocycles. The number of rotatable bonds is 3. The molecule has 0 amide bonds. The molecule has 2 N–H and O–H groups in total. The van der Waals surface area contributed by atoms with Gasteiger partial charge >= 0.3 is 0 Å². The second kappa shape index (κ2) is 5.36. The molecule has 0 spiro atoms. The number of benzene rings is 1. The number of anilines is 2. The zero-order valence-electron chi connectivity index (χ0n) is 10.0. The van der Waals surface area contributed by atoms with Crippen LogP contribution in [-0.4, -0.2) is 13.1 Å². The molecule has 1 aliphatic heterocycles. The lowest BCUT2D eigenvalue weighted by atomic mass is 10.0. The predicted octanol–water partition coefficient (Wildman–Crippen LogP) is 4.20. The standard InChI is InChI=1S/C13H18Cl2N2/c1-2-3-9-4-5-17(8-9)13-7-11(15)10(14)6-12(13)16/h6-7,9H,2-5,8,16H2,1H3. The van der Waals surface area contributed by atoms with Crippen molar-refractivity contribution in [2.24, 2.45) is 5.92 Å². The zero-order chi connectivity index (χ0) is 12.4. The van der Waals surface area contributed by atoms with Gasteiger partial charge in [-0.05, 0) is 30.9 Å². The van der Waals surface area contributed by atoms with E-state index in [4.69, 9.17) is 28.9 Å². The smallest absolute Gasteiger partial charge is 0.0616 e. The van der Waals surface area contributed by atoms with Gasteiger partial charge < -0.3 is 10.6 Å². The summed E-state index contributed by atoms with van der Waals surface area (Å²) in [7, 11) is 0. The van der Waals surface area contributed by atoms with Crippen LogP contribution >= 0.6 is 23.2 Å². The lowest BCUT2D eigenvalue weighted by Crippen LogP contribution is -2.20. The van der Waals surface area contributed by atoms with Gasteiger partial charge in [-0.15, -0.1) is 0 Å². The highest BCUT2D eigenvalue weighted by Gasteiger charge is 2.23. The van der Waals surface area contributed by atoms with E-state index >= 15 is 0 Å². The third-order valence-corrected chi connectivity index (χ3v) is 4.12. The van der Waals surface area contributed by atoms with Crippen LogP contribution in [0.2, 0.25) is 10.0 Å². The van der Waals surface area contributed by atoms with Crippen LogP contribution in [0.4, 0.5) is 11.4 Å². The largest absolute Gasteiger partial charge is 0.397 e. The third kappa shape index (κ3) is 2.80. The Morgan fingerprint density at radius 2 is 2.06 bits per heavy atom. The van der Waals surface area contributed by atoms with E-state index in [-0.39, 0.29) is 0 Å². The first-order valence-electron chi connectivity index (χ1n) is 6.11. The fourth-order valence-corrected chi connectivity index (χ4v) is 2.85. The zero-order valence-corrected chi connectivity index (χ0v) is 11.6. The SMILES string of the molecule is CCCC1CCN(c2cc(Cl)c(Cl)cc2N)C1. The van der Waals surface area contributed by atoms with Gasteiger partial charge in [-0.3, -0.25) is 0 Å². The first-order valence-corrected chi connectivity index (χ1v) is 6.87. The molecule has 4 heteroatoms. The Morgan fingerprint density at radius 1 is 1.35 bits per heavy atom. The fraction of sp³-hybridized carbons (Fsp3) is 0.538. The highest BCUT2D eigenvalue weighted by atomic mass is 35.5. The number of hydrogen-bond acceptors (Lipinski definition) is 2. The van der Waals surface area contributed by atoms with E-state index in [0.717, 1.165) is 30.4 Å². The van der Waals surface area contributed by atoms with E-state index in [9.17, 15) is 0 Å². The Kier molecular flexibility index (Phi) is 4.05. The summed E-state index contributed by atoms with van der Waals surface area (Å²) in [4.78, 5) is 2.32. The number of nitrogens with two attached hydrogens (primary N) is 1. The van der Waals surface area contributed by atoms with Crippen LogP contribution in [0.15, 0.2) is 12.1 Å². The summed E-state index contributed by atoms with van der Waals surface area (Å²) in [5.41, 5.74) is 7.75. The monoisotopic (exact) mass is 272 g/mol. The van der Waals surface area contributed by atoms with Crippen molar-refractivity contribution in [2.75, 3.05) is 23.7 Å². The van der Waals surface area contributed by atoms with Crippen molar-refractivity contribution in [1.29, 1.82) is 0 Å². The van der Waals surface area contributed by atoms with Gasteiger partial charge in [0.2, 0.25) is 0 Å². The summed E-state index contributed by atoms with van der Waals surface area (Å²) in [6.45, 7) is 4.37. The second-order valence-corrected chi connectivity index (χ2v) is 5.53. The lowest BCUT2D eigenvalue weighted by Gasteiger charge is -2.21. The van der Waals surface area contributed by atoms with E-state index in [1.165, 1.54) is 19.3 Å². The molecule has 0 radical (unpaired) electrons. The van der Waals surface area contributed by atoms with Gasteiger partial charge in [-0.2, -0.15) is 0 Å². The Morgan fingerprint density at radius 3 is 2.76 bits per heavy atom. The molecule has 1 heterocycles. The van der Waals surface area contributed by atoms with Crippen LogP contribution in [0.5, 0.6) is 0 Å². The molecule has 1 unspecified atom stereocenters. The average Bonchev–Trinajstić information content (AvgIpc) is 2.72. The molecule has 1 aromatic rings. The molecule has 2 nitrogen and oxygen atoms in total. The molecule has 94 valence electrons. The van der Waals surface area contributed by atoms with Crippen LogP contribution in [0.25, 0.3) is 0 Å². The summed E-state index contributed by atoms with van der Waals surface area (Å²) >= 11 is 12.0. The molecule has 0 saturated carbocycles. The normalized spacial score (nSPS) is 19.9. The molecule has 1 saturated heterocycles. The molecule has 2 rings (SSSR count). The maximum Gasteiger partial charge on any atom is 0.0616 e. The quantitative estimate of drug-likeness (QED) is 0.836. The number of nitrogens with zero attached hydrogens (tertiary/aromatic N) is 1. The van der Waals surface area contributed by atoms with Gasteiger partial charge in [-0.1, -0.05) is 36.5 Å². The van der Waals surface area contributed by atoms with Gasteiger partial charge in [-0.25, -0.2) is 0 Å². The Bertz CT molecular complexity index is 407. The summed E-state index contributed by atoms with van der Waals surface area (Å²) < 4.78 is 0. The molecule has 1 fully saturated rings. The predicted molar refractivity (Wildman–Crippen MR) is 76.1 cm³/mol. The highest BCUT2D eigenvalue weighted by Crippen LogP contribution is 2.36. The topological polar surface area (TPSA) is 29.3 Å². The van der Waals surface area contributed by atoms with Crippen molar-refractivity contribution in [3.8, 4) is 0 Å². The molecule has 1 atom stereocenters. The number of hydrogen-bond donors (Lipinski definition) is 1. The van der Waals surface area contributed by atoms with Crippen LogP contribution in [0, 0.1) is 5.92 Å². The minimum absolute atomic E-state index is 0.525. The van der Waals surface area contributed by atoms with Crippen molar-refractivity contribution in [1.82, 2.24) is 0 Å². The molecular formula is C13H18Cl2N2. The van der Waals surface area contributed by atoms with Gasteiger partial charge in [0.1, 0.15) is 0 Å². The summed E-state index contributed by atoms with van der Waals surface area (Å²) in [6.07, 6.45) is 3.78. The third-order valence-electron chi connectivity index (χ3n) is 3.39. The van der Waals surface area contributed by atoms with Crippen molar-refractivity contribution >= 4 is 34.6 Å².